The van der Waals surface area contributed by atoms with E-state index >= 15 is 4.39 Å². The fraction of sp³-hybridized carbons (Fsp3) is 0.481. The molecule has 2 amide bonds. The van der Waals surface area contributed by atoms with Crippen molar-refractivity contribution in [1.82, 2.24) is 9.80 Å². The summed E-state index contributed by atoms with van der Waals surface area (Å²) in [6.07, 6.45) is -4.43. The van der Waals surface area contributed by atoms with Crippen LogP contribution in [0, 0.1) is 5.82 Å². The summed E-state index contributed by atoms with van der Waals surface area (Å²) in [6.45, 7) is 6.81. The zero-order chi connectivity index (χ0) is 27.9. The zero-order valence-corrected chi connectivity index (χ0v) is 22.1. The molecule has 2 aromatic carbocycles. The number of aryl methyl sites for hydroxylation is 1. The first-order valence-electron chi connectivity index (χ1n) is 12.6. The molecule has 0 bridgehead atoms. The van der Waals surface area contributed by atoms with Crippen LogP contribution in [0.3, 0.4) is 0 Å². The van der Waals surface area contributed by atoms with Crippen molar-refractivity contribution >= 4 is 23.3 Å². The van der Waals surface area contributed by atoms with E-state index in [0.717, 1.165) is 18.6 Å². The van der Waals surface area contributed by atoms with Gasteiger partial charge in [0.1, 0.15) is 5.82 Å². The van der Waals surface area contributed by atoms with Crippen LogP contribution in [0.2, 0.25) is 5.02 Å². The lowest BCUT2D eigenvalue weighted by atomic mass is 9.84. The molecule has 2 aromatic rings. The number of alkyl halides is 4. The normalized spacial score (nSPS) is 22.0. The van der Waals surface area contributed by atoms with E-state index in [1.54, 1.807) is 11.8 Å². The van der Waals surface area contributed by atoms with Gasteiger partial charge in [0.05, 0.1) is 23.8 Å². The Labute approximate surface area is 223 Å². The zero-order valence-electron chi connectivity index (χ0n) is 21.3. The largest absolute Gasteiger partial charge is 0.435 e. The molecule has 0 unspecified atom stereocenters. The molecule has 38 heavy (non-hydrogen) atoms. The maximum absolute atomic E-state index is 15.3. The predicted octanol–water partition coefficient (Wildman–Crippen LogP) is 6.96. The number of rotatable bonds is 4. The molecular weight excluding hydrogens is 529 g/mol. The van der Waals surface area contributed by atoms with E-state index in [-0.39, 0.29) is 42.4 Å². The molecule has 0 aromatic heterocycles. The van der Waals surface area contributed by atoms with Gasteiger partial charge in [0.15, 0.2) is 5.67 Å². The molecule has 1 atom stereocenters. The van der Waals surface area contributed by atoms with Gasteiger partial charge in [0, 0.05) is 25.1 Å². The minimum Gasteiger partial charge on any atom is -0.374 e. The average molecular weight is 558 g/mol. The number of nitrogens with zero attached hydrogens (tertiary/aromatic N) is 3. The smallest absolute Gasteiger partial charge is 0.374 e. The van der Waals surface area contributed by atoms with Crippen LogP contribution in [0.25, 0.3) is 0 Å². The van der Waals surface area contributed by atoms with Crippen LogP contribution in [0.5, 0.6) is 0 Å². The molecule has 0 N–H and O–H groups in total. The fourth-order valence-electron chi connectivity index (χ4n) is 4.74. The molecule has 0 spiro atoms. The molecule has 2 fully saturated rings. The molecule has 3 aliphatic heterocycles. The van der Waals surface area contributed by atoms with Crippen molar-refractivity contribution in [1.29, 1.82) is 0 Å². The van der Waals surface area contributed by atoms with Gasteiger partial charge in [0.25, 0.3) is 5.60 Å². The van der Waals surface area contributed by atoms with Crippen molar-refractivity contribution < 1.29 is 31.6 Å². The number of carbonyl (C=O) groups excluding carboxylic acids is 1. The molecule has 0 saturated carbocycles. The van der Waals surface area contributed by atoms with Crippen molar-refractivity contribution in [3.8, 4) is 0 Å². The summed E-state index contributed by atoms with van der Waals surface area (Å²) in [6, 6.07) is 7.79. The van der Waals surface area contributed by atoms with E-state index < -0.39 is 34.7 Å². The van der Waals surface area contributed by atoms with Crippen molar-refractivity contribution in [2.75, 3.05) is 26.2 Å². The molecular formula is C27H29ClF5N3O2. The van der Waals surface area contributed by atoms with E-state index in [0.29, 0.717) is 24.2 Å². The third-order valence-corrected chi connectivity index (χ3v) is 7.43. The lowest BCUT2D eigenvalue weighted by Crippen LogP contribution is -2.63. The number of benzene rings is 2. The maximum Gasteiger partial charge on any atom is 0.435 e. The second-order valence-electron chi connectivity index (χ2n) is 9.44. The van der Waals surface area contributed by atoms with E-state index in [1.807, 2.05) is 13.8 Å². The van der Waals surface area contributed by atoms with Crippen LogP contribution in [0.15, 0.2) is 41.6 Å². The van der Waals surface area contributed by atoms with Crippen molar-refractivity contribution in [3.63, 3.8) is 0 Å². The lowest BCUT2D eigenvalue weighted by molar-refractivity contribution is -0.275. The van der Waals surface area contributed by atoms with Crippen LogP contribution in [-0.4, -0.2) is 53.9 Å². The number of carbonyl (C=O) groups is 1. The molecule has 206 valence electrons. The Morgan fingerprint density at radius 2 is 1.71 bits per heavy atom. The van der Waals surface area contributed by atoms with Gasteiger partial charge in [0.2, 0.25) is 0 Å². The lowest BCUT2D eigenvalue weighted by Gasteiger charge is -2.47. The van der Waals surface area contributed by atoms with E-state index in [4.69, 9.17) is 16.4 Å². The Morgan fingerprint density at radius 3 is 2.24 bits per heavy atom. The Morgan fingerprint density at radius 1 is 1.08 bits per heavy atom. The van der Waals surface area contributed by atoms with Crippen molar-refractivity contribution in [2.24, 2.45) is 5.16 Å². The number of hydrogen-bond acceptors (Lipinski definition) is 3. The van der Waals surface area contributed by atoms with E-state index in [2.05, 4.69) is 5.16 Å². The molecule has 5 rings (SSSR count). The van der Waals surface area contributed by atoms with E-state index in [1.165, 1.54) is 29.2 Å². The Balaban J connectivity index is 0.00000164. The predicted molar refractivity (Wildman–Crippen MR) is 134 cm³/mol. The Bertz CT molecular complexity index is 1220. The summed E-state index contributed by atoms with van der Waals surface area (Å²) in [5.41, 5.74) is -4.15. The number of amides is 2. The van der Waals surface area contributed by atoms with Crippen molar-refractivity contribution in [2.45, 2.75) is 57.5 Å². The third kappa shape index (κ3) is 4.72. The summed E-state index contributed by atoms with van der Waals surface area (Å²) < 4.78 is 72.4. The number of urea groups is 1. The first-order valence-corrected chi connectivity index (χ1v) is 13.0. The monoisotopic (exact) mass is 557 g/mol. The summed E-state index contributed by atoms with van der Waals surface area (Å²) in [5.74, 6) is -0.767. The van der Waals surface area contributed by atoms with Gasteiger partial charge in [-0.25, -0.2) is 13.6 Å². The average Bonchev–Trinajstić information content (AvgIpc) is 3.31. The molecule has 0 radical (unpaired) electrons. The minimum atomic E-state index is -4.87. The van der Waals surface area contributed by atoms with Gasteiger partial charge >= 0.3 is 12.2 Å². The van der Waals surface area contributed by atoms with Gasteiger partial charge < -0.3 is 14.6 Å². The molecule has 3 aliphatic rings. The van der Waals surface area contributed by atoms with Gasteiger partial charge in [-0.15, -0.1) is 0 Å². The molecule has 0 aliphatic carbocycles. The van der Waals surface area contributed by atoms with Gasteiger partial charge in [-0.2, -0.15) is 13.2 Å². The fourth-order valence-corrected chi connectivity index (χ4v) is 4.98. The highest BCUT2D eigenvalue weighted by atomic mass is 35.5. The Kier molecular flexibility index (Phi) is 7.67. The summed E-state index contributed by atoms with van der Waals surface area (Å²) in [5, 5.41) is 3.29. The molecule has 3 heterocycles. The number of oxime groups is 1. The first-order chi connectivity index (χ1) is 18.0. The van der Waals surface area contributed by atoms with Gasteiger partial charge in [-0.1, -0.05) is 61.8 Å². The van der Waals surface area contributed by atoms with Crippen LogP contribution >= 0.6 is 11.6 Å². The standard InChI is InChI=1S/C25H23ClF5N3O2.C2H6/c1-2-15-10-18(11-19(26)21(15)27)24(25(29,30)31)12-20(32-36-24)16-4-6-17(7-5-16)23(28)13-34(14-23)22(35)33-8-3-9-33;1-2/h4-7,10-11H,2-3,8-9,12-14H2,1H3;1-2H3/t24-;/m0./s1. The third-order valence-electron chi connectivity index (χ3n) is 7.15. The van der Waals surface area contributed by atoms with Crippen LogP contribution in [0.4, 0.5) is 26.7 Å². The van der Waals surface area contributed by atoms with Gasteiger partial charge in [-0.05, 0) is 41.7 Å². The van der Waals surface area contributed by atoms with Crippen LogP contribution < -0.4 is 0 Å². The highest BCUT2D eigenvalue weighted by molar-refractivity contribution is 6.30. The Hall–Kier alpha value is -2.88. The summed E-state index contributed by atoms with van der Waals surface area (Å²) >= 11 is 5.88. The van der Waals surface area contributed by atoms with Crippen molar-refractivity contribution in [3.05, 3.63) is 69.5 Å². The molecule has 2 saturated heterocycles. The second-order valence-corrected chi connectivity index (χ2v) is 9.84. The number of hydrogen-bond donors (Lipinski definition) is 0. The number of halogens is 6. The van der Waals surface area contributed by atoms with Crippen LogP contribution in [0.1, 0.15) is 55.9 Å². The molecule has 11 heteroatoms. The quantitative estimate of drug-likeness (QED) is 0.382. The van der Waals surface area contributed by atoms with Crippen LogP contribution in [-0.2, 0) is 22.5 Å². The highest BCUT2D eigenvalue weighted by Gasteiger charge is 2.62. The SMILES string of the molecule is CC.CCc1cc([C@]2(C(F)(F)F)CC(c3ccc(C4(F)CN(C(=O)N5CCC5)C4)cc3)=NO2)cc(Cl)c1F. The topological polar surface area (TPSA) is 45.1 Å². The number of likely N-dealkylation sites (tertiary alicyclic amines) is 2. The first kappa shape index (κ1) is 28.1. The summed E-state index contributed by atoms with van der Waals surface area (Å²) in [7, 11) is 0. The maximum atomic E-state index is 15.3. The highest BCUT2D eigenvalue weighted by Crippen LogP contribution is 2.50. The second kappa shape index (κ2) is 10.4. The minimum absolute atomic E-state index is 0.0217. The summed E-state index contributed by atoms with van der Waals surface area (Å²) in [4.78, 5) is 20.3. The van der Waals surface area contributed by atoms with E-state index in [9.17, 15) is 22.4 Å². The van der Waals surface area contributed by atoms with Gasteiger partial charge in [-0.3, -0.25) is 0 Å². The molecule has 5 nitrogen and oxygen atoms in total.